The molecular formula is C14H15FN2O2. The van der Waals surface area contributed by atoms with E-state index in [1.807, 2.05) is 10.8 Å². The van der Waals surface area contributed by atoms with E-state index in [1.165, 1.54) is 12.1 Å². The first-order valence-electron chi connectivity index (χ1n) is 6.28. The molecule has 1 aliphatic heterocycles. The molecular weight excluding hydrogens is 247 g/mol. The topological polar surface area (TPSA) is 36.3 Å². The normalized spacial score (nSPS) is 17.7. The van der Waals surface area contributed by atoms with Crippen molar-refractivity contribution in [2.45, 2.75) is 18.8 Å². The van der Waals surface area contributed by atoms with Crippen molar-refractivity contribution in [3.05, 3.63) is 54.4 Å². The van der Waals surface area contributed by atoms with Crippen molar-refractivity contribution in [1.82, 2.24) is 9.55 Å². The number of halogens is 1. The molecule has 2 heterocycles. The van der Waals surface area contributed by atoms with Gasteiger partial charge in [-0.25, -0.2) is 9.37 Å². The van der Waals surface area contributed by atoms with Crippen LogP contribution < -0.4 is 0 Å². The molecule has 0 radical (unpaired) electrons. The van der Waals surface area contributed by atoms with E-state index >= 15 is 0 Å². The number of nitrogens with zero attached hydrogens (tertiary/aromatic N) is 2. The predicted molar refractivity (Wildman–Crippen MR) is 66.8 cm³/mol. The molecule has 0 bridgehead atoms. The Morgan fingerprint density at radius 1 is 1.21 bits per heavy atom. The minimum absolute atomic E-state index is 0.258. The summed E-state index contributed by atoms with van der Waals surface area (Å²) >= 11 is 0. The molecule has 0 aliphatic carbocycles. The molecule has 0 amide bonds. The van der Waals surface area contributed by atoms with Gasteiger partial charge >= 0.3 is 0 Å². The first-order chi connectivity index (χ1) is 9.28. The summed E-state index contributed by atoms with van der Waals surface area (Å²) in [7, 11) is 0. The fourth-order valence-corrected chi connectivity index (χ4v) is 2.31. The minimum atomic E-state index is -0.766. The third kappa shape index (κ3) is 2.52. The van der Waals surface area contributed by atoms with Crippen molar-refractivity contribution in [1.29, 1.82) is 0 Å². The van der Waals surface area contributed by atoms with Gasteiger partial charge in [-0.1, -0.05) is 12.1 Å². The van der Waals surface area contributed by atoms with E-state index in [2.05, 4.69) is 4.98 Å². The fraction of sp³-hybridized carbons (Fsp3) is 0.357. The van der Waals surface area contributed by atoms with Crippen LogP contribution in [-0.4, -0.2) is 22.8 Å². The van der Waals surface area contributed by atoms with Gasteiger partial charge in [-0.2, -0.15) is 0 Å². The van der Waals surface area contributed by atoms with E-state index in [9.17, 15) is 4.39 Å². The second-order valence-electron chi connectivity index (χ2n) is 4.51. The summed E-state index contributed by atoms with van der Waals surface area (Å²) in [5, 5.41) is 0. The molecule has 4 nitrogen and oxygen atoms in total. The molecule has 100 valence electrons. The van der Waals surface area contributed by atoms with Crippen molar-refractivity contribution in [2.75, 3.05) is 13.2 Å². The van der Waals surface area contributed by atoms with Crippen LogP contribution in [0.2, 0.25) is 0 Å². The summed E-state index contributed by atoms with van der Waals surface area (Å²) in [6, 6.07) is 6.29. The van der Waals surface area contributed by atoms with E-state index in [0.717, 1.165) is 12.1 Å². The van der Waals surface area contributed by atoms with E-state index in [1.54, 1.807) is 24.7 Å². The van der Waals surface area contributed by atoms with Crippen molar-refractivity contribution in [3.63, 3.8) is 0 Å². The third-order valence-corrected chi connectivity index (χ3v) is 3.30. The van der Waals surface area contributed by atoms with Crippen molar-refractivity contribution < 1.29 is 13.9 Å². The molecule has 2 aromatic rings. The highest BCUT2D eigenvalue weighted by molar-refractivity contribution is 5.21. The lowest BCUT2D eigenvalue weighted by atomic mass is 10.0. The van der Waals surface area contributed by atoms with Crippen LogP contribution in [0.15, 0.2) is 43.0 Å². The van der Waals surface area contributed by atoms with Crippen molar-refractivity contribution in [3.8, 4) is 0 Å². The van der Waals surface area contributed by atoms with Crippen molar-refractivity contribution in [2.24, 2.45) is 0 Å². The molecule has 1 aromatic heterocycles. The molecule has 1 fully saturated rings. The zero-order valence-electron chi connectivity index (χ0n) is 10.5. The first-order valence-corrected chi connectivity index (χ1v) is 6.28. The van der Waals surface area contributed by atoms with Gasteiger partial charge in [0.25, 0.3) is 0 Å². The van der Waals surface area contributed by atoms with Crippen LogP contribution >= 0.6 is 0 Å². The molecule has 1 aromatic carbocycles. The van der Waals surface area contributed by atoms with Gasteiger partial charge in [0.05, 0.1) is 19.5 Å². The SMILES string of the molecule is Fc1ccc(C2(CCn3ccnc3)OCCO2)cc1. The molecule has 0 N–H and O–H groups in total. The number of ether oxygens (including phenoxy) is 2. The average molecular weight is 262 g/mol. The summed E-state index contributed by atoms with van der Waals surface area (Å²) in [5.74, 6) is -1.02. The second-order valence-corrected chi connectivity index (χ2v) is 4.51. The molecule has 0 unspecified atom stereocenters. The number of hydrogen-bond donors (Lipinski definition) is 0. The number of imidazole rings is 1. The Bertz CT molecular complexity index is 519. The fourth-order valence-electron chi connectivity index (χ4n) is 2.31. The van der Waals surface area contributed by atoms with Crippen LogP contribution in [0.5, 0.6) is 0 Å². The Morgan fingerprint density at radius 3 is 2.58 bits per heavy atom. The van der Waals surface area contributed by atoms with Crippen LogP contribution in [0.1, 0.15) is 12.0 Å². The molecule has 5 heteroatoms. The van der Waals surface area contributed by atoms with Gasteiger partial charge in [0.15, 0.2) is 5.79 Å². The quantitative estimate of drug-likeness (QED) is 0.848. The lowest BCUT2D eigenvalue weighted by Crippen LogP contribution is -2.28. The van der Waals surface area contributed by atoms with Crippen LogP contribution in [-0.2, 0) is 21.8 Å². The van der Waals surface area contributed by atoms with Crippen LogP contribution in [0.4, 0.5) is 4.39 Å². The molecule has 3 rings (SSSR count). The monoisotopic (exact) mass is 262 g/mol. The molecule has 0 saturated carbocycles. The maximum Gasteiger partial charge on any atom is 0.196 e. The first kappa shape index (κ1) is 12.3. The zero-order chi connectivity index (χ0) is 13.1. The highest BCUT2D eigenvalue weighted by Crippen LogP contribution is 2.35. The highest BCUT2D eigenvalue weighted by Gasteiger charge is 2.38. The largest absolute Gasteiger partial charge is 0.343 e. The number of rotatable bonds is 4. The van der Waals surface area contributed by atoms with Crippen LogP contribution in [0.25, 0.3) is 0 Å². The lowest BCUT2D eigenvalue weighted by Gasteiger charge is -2.28. The van der Waals surface area contributed by atoms with Crippen LogP contribution in [0, 0.1) is 5.82 Å². The highest BCUT2D eigenvalue weighted by atomic mass is 19.1. The minimum Gasteiger partial charge on any atom is -0.343 e. The maximum absolute atomic E-state index is 13.0. The number of benzene rings is 1. The van der Waals surface area contributed by atoms with Gasteiger partial charge in [-0.15, -0.1) is 0 Å². The summed E-state index contributed by atoms with van der Waals surface area (Å²) in [6.45, 7) is 1.85. The van der Waals surface area contributed by atoms with Crippen molar-refractivity contribution >= 4 is 0 Å². The molecule has 1 aliphatic rings. The van der Waals surface area contributed by atoms with Gasteiger partial charge in [0, 0.05) is 30.9 Å². The summed E-state index contributed by atoms with van der Waals surface area (Å²) < 4.78 is 26.6. The Kier molecular flexibility index (Phi) is 3.31. The summed E-state index contributed by atoms with van der Waals surface area (Å²) in [6.07, 6.45) is 6.05. The van der Waals surface area contributed by atoms with E-state index in [4.69, 9.17) is 9.47 Å². The molecule has 0 atom stereocenters. The predicted octanol–water partition coefficient (Wildman–Crippen LogP) is 2.31. The van der Waals surface area contributed by atoms with Gasteiger partial charge in [0.2, 0.25) is 0 Å². The number of aromatic nitrogens is 2. The molecule has 0 spiro atoms. The van der Waals surface area contributed by atoms with E-state index < -0.39 is 5.79 Å². The number of hydrogen-bond acceptors (Lipinski definition) is 3. The Hall–Kier alpha value is -1.72. The van der Waals surface area contributed by atoms with Gasteiger partial charge in [0.1, 0.15) is 5.82 Å². The Labute approximate surface area is 110 Å². The Balaban J connectivity index is 1.80. The standard InChI is InChI=1S/C14H15FN2O2/c15-13-3-1-12(2-4-13)14(18-9-10-19-14)5-7-17-8-6-16-11-17/h1-4,6,8,11H,5,7,9-10H2. The second kappa shape index (κ2) is 5.11. The maximum atomic E-state index is 13.0. The van der Waals surface area contributed by atoms with E-state index in [-0.39, 0.29) is 5.82 Å². The average Bonchev–Trinajstić information content (AvgIpc) is 3.09. The smallest absolute Gasteiger partial charge is 0.196 e. The summed E-state index contributed by atoms with van der Waals surface area (Å²) in [4.78, 5) is 4.01. The van der Waals surface area contributed by atoms with Crippen LogP contribution in [0.3, 0.4) is 0 Å². The summed E-state index contributed by atoms with van der Waals surface area (Å²) in [5.41, 5.74) is 0.853. The molecule has 1 saturated heterocycles. The van der Waals surface area contributed by atoms with Gasteiger partial charge in [-0.05, 0) is 12.1 Å². The lowest BCUT2D eigenvalue weighted by molar-refractivity contribution is -0.172. The third-order valence-electron chi connectivity index (χ3n) is 3.30. The zero-order valence-corrected chi connectivity index (χ0v) is 10.5. The van der Waals surface area contributed by atoms with E-state index in [0.29, 0.717) is 19.6 Å². The van der Waals surface area contributed by atoms with Gasteiger partial charge in [-0.3, -0.25) is 0 Å². The van der Waals surface area contributed by atoms with Gasteiger partial charge < -0.3 is 14.0 Å². The molecule has 19 heavy (non-hydrogen) atoms. The number of aryl methyl sites for hydroxylation is 1. The Morgan fingerprint density at radius 2 is 1.95 bits per heavy atom.